The van der Waals surface area contributed by atoms with E-state index in [1.807, 2.05) is 6.92 Å². The third-order valence-electron chi connectivity index (χ3n) is 12.0. The molecule has 5 saturated heterocycles. The van der Waals surface area contributed by atoms with Crippen molar-refractivity contribution in [2.75, 3.05) is 13.2 Å². The van der Waals surface area contributed by atoms with Crippen LogP contribution in [0.1, 0.15) is 72.1 Å². The Morgan fingerprint density at radius 2 is 1.71 bits per heavy atom. The molecule has 3 N–H and O–H groups in total. The van der Waals surface area contributed by atoms with E-state index in [2.05, 4.69) is 13.0 Å². The highest BCUT2D eigenvalue weighted by atomic mass is 16.7. The van der Waals surface area contributed by atoms with Crippen LogP contribution in [0.5, 0.6) is 0 Å². The van der Waals surface area contributed by atoms with Crippen LogP contribution in [0.15, 0.2) is 23.0 Å². The number of aliphatic hydroxyl groups is 3. The zero-order chi connectivity index (χ0) is 29.0. The summed E-state index contributed by atoms with van der Waals surface area (Å²) in [6, 6.07) is 0. The first kappa shape index (κ1) is 28.4. The minimum atomic E-state index is -0.947. The molecule has 5 heterocycles. The summed E-state index contributed by atoms with van der Waals surface area (Å²) in [6.45, 7) is 7.38. The van der Waals surface area contributed by atoms with E-state index in [0.717, 1.165) is 45.1 Å². The summed E-state index contributed by atoms with van der Waals surface area (Å²) in [6.07, 6.45) is 3.60. The first-order valence-electron chi connectivity index (χ1n) is 16.2. The molecule has 0 bridgehead atoms. The molecule has 0 radical (unpaired) electrons. The van der Waals surface area contributed by atoms with E-state index in [1.54, 1.807) is 6.92 Å². The number of fused-ring (bicyclic) bond motifs is 3. The van der Waals surface area contributed by atoms with Crippen LogP contribution >= 0.6 is 0 Å². The van der Waals surface area contributed by atoms with Gasteiger partial charge in [-0.25, -0.2) is 0 Å². The Morgan fingerprint density at radius 1 is 0.929 bits per heavy atom. The van der Waals surface area contributed by atoms with Crippen LogP contribution in [0.2, 0.25) is 0 Å². The predicted octanol–water partition coefficient (Wildman–Crippen LogP) is 2.68. The van der Waals surface area contributed by atoms with Crippen LogP contribution < -0.4 is 0 Å². The van der Waals surface area contributed by atoms with Crippen molar-refractivity contribution >= 4 is 0 Å². The lowest BCUT2D eigenvalue weighted by Crippen LogP contribution is -2.54. The molecule has 234 valence electrons. The summed E-state index contributed by atoms with van der Waals surface area (Å²) < 4.78 is 43.1. The number of aliphatic hydroxyl groups excluding tert-OH is 3. The molecular formula is C32H46O10. The number of allylic oxidation sites excluding steroid dienone is 2. The summed E-state index contributed by atoms with van der Waals surface area (Å²) in [7, 11) is 0. The highest BCUT2D eigenvalue weighted by molar-refractivity contribution is 5.40. The van der Waals surface area contributed by atoms with E-state index in [9.17, 15) is 15.3 Å². The first-order chi connectivity index (χ1) is 20.2. The van der Waals surface area contributed by atoms with Crippen LogP contribution in [0, 0.1) is 22.7 Å². The van der Waals surface area contributed by atoms with Crippen LogP contribution in [0.25, 0.3) is 0 Å². The Hall–Kier alpha value is -1.08. The van der Waals surface area contributed by atoms with Gasteiger partial charge in [-0.1, -0.05) is 18.6 Å². The summed E-state index contributed by atoms with van der Waals surface area (Å²) in [4.78, 5) is 0. The number of ether oxygens (including phenoxy) is 7. The predicted molar refractivity (Wildman–Crippen MR) is 147 cm³/mol. The third kappa shape index (κ3) is 4.24. The molecule has 5 aliphatic heterocycles. The van der Waals surface area contributed by atoms with E-state index >= 15 is 0 Å². The second-order valence-corrected chi connectivity index (χ2v) is 14.4. The Morgan fingerprint density at radius 3 is 2.52 bits per heavy atom. The van der Waals surface area contributed by atoms with Gasteiger partial charge in [0.05, 0.1) is 55.1 Å². The van der Waals surface area contributed by atoms with Gasteiger partial charge in [-0.3, -0.25) is 0 Å². The molecule has 0 aromatic rings. The fourth-order valence-corrected chi connectivity index (χ4v) is 9.75. The maximum atomic E-state index is 11.0. The molecule has 0 amide bonds. The number of hydrogen-bond donors (Lipinski definition) is 3. The maximum absolute atomic E-state index is 11.0. The molecule has 6 fully saturated rings. The van der Waals surface area contributed by atoms with Crippen LogP contribution in [-0.4, -0.2) is 96.2 Å². The van der Waals surface area contributed by atoms with Crippen molar-refractivity contribution in [1.29, 1.82) is 0 Å². The zero-order valence-corrected chi connectivity index (χ0v) is 24.9. The van der Waals surface area contributed by atoms with Crippen molar-refractivity contribution < 1.29 is 48.5 Å². The topological polar surface area (TPSA) is 125 Å². The van der Waals surface area contributed by atoms with Gasteiger partial charge in [-0.15, -0.1) is 0 Å². The lowest BCUT2D eigenvalue weighted by Gasteiger charge is -2.52. The largest absolute Gasteiger partial charge is 0.491 e. The van der Waals surface area contributed by atoms with Crippen LogP contribution in [-0.2, 0) is 33.2 Å². The third-order valence-corrected chi connectivity index (χ3v) is 12.0. The number of hydrogen-bond acceptors (Lipinski definition) is 10. The van der Waals surface area contributed by atoms with Crippen molar-refractivity contribution in [3.05, 3.63) is 23.0 Å². The minimum absolute atomic E-state index is 0.0134. The quantitative estimate of drug-likeness (QED) is 0.421. The molecule has 10 heteroatoms. The molecule has 3 aliphatic carbocycles. The highest BCUT2D eigenvalue weighted by Crippen LogP contribution is 2.66. The second-order valence-electron chi connectivity index (χ2n) is 14.4. The average Bonchev–Trinajstić information content (AvgIpc) is 3.63. The molecule has 0 unspecified atom stereocenters. The lowest BCUT2D eigenvalue weighted by molar-refractivity contribution is -0.316. The Balaban J connectivity index is 0.916. The Bertz CT molecular complexity index is 1120. The Labute approximate surface area is 247 Å². The molecule has 0 aromatic carbocycles. The zero-order valence-electron chi connectivity index (χ0n) is 24.9. The van der Waals surface area contributed by atoms with Crippen molar-refractivity contribution in [1.82, 2.24) is 0 Å². The summed E-state index contributed by atoms with van der Waals surface area (Å²) in [5.41, 5.74) is 3.11. The fourth-order valence-electron chi connectivity index (χ4n) is 9.75. The van der Waals surface area contributed by atoms with E-state index in [0.29, 0.717) is 24.9 Å². The summed E-state index contributed by atoms with van der Waals surface area (Å²) in [5, 5.41) is 31.1. The maximum Gasteiger partial charge on any atom is 0.165 e. The molecule has 8 aliphatic rings. The van der Waals surface area contributed by atoms with Gasteiger partial charge in [0.2, 0.25) is 0 Å². The smallest absolute Gasteiger partial charge is 0.165 e. The van der Waals surface area contributed by atoms with Crippen molar-refractivity contribution in [2.45, 2.75) is 140 Å². The molecule has 1 spiro atoms. The van der Waals surface area contributed by atoms with Crippen LogP contribution in [0.4, 0.5) is 0 Å². The van der Waals surface area contributed by atoms with Gasteiger partial charge in [0.15, 0.2) is 18.9 Å². The van der Waals surface area contributed by atoms with Gasteiger partial charge in [-0.2, -0.15) is 0 Å². The van der Waals surface area contributed by atoms with E-state index in [-0.39, 0.29) is 35.7 Å². The average molecular weight is 591 g/mol. The van der Waals surface area contributed by atoms with Gasteiger partial charge in [0, 0.05) is 12.8 Å². The SMILES string of the molecule is C[C@H]1O[C@@H](O[C@H]2[C@H](O)C[C@H](O[C@H]3CC[C@@]4(C)C(=CCC5=C6O[C@@H]7CO[C@@H]8OC[C@]6(CC[C@@H]54)[C@@H]87)C3)O[C@@H]2C)C[C@H](O)[C@@H]1O. The van der Waals surface area contributed by atoms with Gasteiger partial charge in [0.25, 0.3) is 0 Å². The highest BCUT2D eigenvalue weighted by Gasteiger charge is 2.68. The van der Waals surface area contributed by atoms with Gasteiger partial charge < -0.3 is 48.5 Å². The lowest BCUT2D eigenvalue weighted by atomic mass is 9.53. The normalized spacial score (nSPS) is 54.9. The fraction of sp³-hybridized carbons (Fsp3) is 0.875. The molecule has 42 heavy (non-hydrogen) atoms. The van der Waals surface area contributed by atoms with Crippen LogP contribution in [0.3, 0.4) is 0 Å². The first-order valence-corrected chi connectivity index (χ1v) is 16.2. The van der Waals surface area contributed by atoms with Gasteiger partial charge in [-0.05, 0) is 69.3 Å². The second kappa shape index (κ2) is 10.2. The van der Waals surface area contributed by atoms with Crippen molar-refractivity contribution in [3.63, 3.8) is 0 Å². The minimum Gasteiger partial charge on any atom is -0.491 e. The standard InChI is InChI=1S/C32H46O10/c1-15-27(35)21(33)11-25(38-15)42-28-16(2)39-24(12-22(28)34)40-18-6-8-31(3)17(10-18)4-5-19-20(31)7-9-32-14-37-30-26(32)23(13-36-30)41-29(19)32/h4,15-16,18,20-28,30,33-35H,5-14H2,1-3H3/t15-,16-,18+,20+,21+,22-,23-,24+,25+,26-,27-,28-,30-,31+,32-/m1/s1. The Kier molecular flexibility index (Phi) is 6.91. The summed E-state index contributed by atoms with van der Waals surface area (Å²) >= 11 is 0. The van der Waals surface area contributed by atoms with Gasteiger partial charge >= 0.3 is 0 Å². The van der Waals surface area contributed by atoms with E-state index < -0.39 is 49.2 Å². The molecule has 15 atom stereocenters. The molecule has 10 nitrogen and oxygen atoms in total. The molecular weight excluding hydrogens is 544 g/mol. The monoisotopic (exact) mass is 590 g/mol. The van der Waals surface area contributed by atoms with E-state index in [1.165, 1.54) is 16.9 Å². The van der Waals surface area contributed by atoms with Crippen molar-refractivity contribution in [3.8, 4) is 0 Å². The molecule has 0 aromatic heterocycles. The van der Waals surface area contributed by atoms with E-state index in [4.69, 9.17) is 33.2 Å². The summed E-state index contributed by atoms with van der Waals surface area (Å²) in [5.74, 6) is 2.08. The number of rotatable bonds is 4. The molecule has 1 saturated carbocycles. The van der Waals surface area contributed by atoms with Crippen molar-refractivity contribution in [2.24, 2.45) is 22.7 Å². The van der Waals surface area contributed by atoms with Gasteiger partial charge in [0.1, 0.15) is 24.1 Å². The molecule has 8 rings (SSSR count).